The first-order valence-corrected chi connectivity index (χ1v) is 6.77. The Labute approximate surface area is 114 Å². The monoisotopic (exact) mass is 264 g/mol. The molecule has 0 N–H and O–H groups in total. The maximum absolute atomic E-state index is 13.5. The standard InChI is InChI=1S/C15H16F2.C2H6/c1-10-6-4-7-12-8-5-9-13(14(10)12)11(2)15(3,16)17;1-2/h4-9,11H,1-3H3;1-2H3. The predicted octanol–water partition coefficient (Wildman–Crippen LogP) is 5.93. The summed E-state index contributed by atoms with van der Waals surface area (Å²) >= 11 is 0. The highest BCUT2D eigenvalue weighted by atomic mass is 19.3. The molecule has 19 heavy (non-hydrogen) atoms. The van der Waals surface area contributed by atoms with Gasteiger partial charge >= 0.3 is 0 Å². The topological polar surface area (TPSA) is 0 Å². The van der Waals surface area contributed by atoms with Crippen LogP contribution < -0.4 is 0 Å². The zero-order valence-electron chi connectivity index (χ0n) is 12.3. The highest BCUT2D eigenvalue weighted by molar-refractivity contribution is 5.89. The van der Waals surface area contributed by atoms with Crippen molar-refractivity contribution in [3.05, 3.63) is 47.5 Å². The highest BCUT2D eigenvalue weighted by Gasteiger charge is 2.32. The van der Waals surface area contributed by atoms with E-state index in [4.69, 9.17) is 0 Å². The first kappa shape index (κ1) is 15.6. The molecule has 2 aromatic rings. The van der Waals surface area contributed by atoms with Crippen LogP contribution in [0.25, 0.3) is 10.8 Å². The van der Waals surface area contributed by atoms with Crippen molar-refractivity contribution in [3.63, 3.8) is 0 Å². The zero-order valence-corrected chi connectivity index (χ0v) is 12.3. The lowest BCUT2D eigenvalue weighted by atomic mass is 9.89. The molecule has 0 nitrogen and oxygen atoms in total. The van der Waals surface area contributed by atoms with Gasteiger partial charge in [-0.05, 0) is 35.7 Å². The van der Waals surface area contributed by atoms with E-state index >= 15 is 0 Å². The third-order valence-corrected chi connectivity index (χ3v) is 3.37. The van der Waals surface area contributed by atoms with Gasteiger partial charge in [0.25, 0.3) is 5.92 Å². The Morgan fingerprint density at radius 1 is 1.00 bits per heavy atom. The first-order valence-electron chi connectivity index (χ1n) is 6.77. The van der Waals surface area contributed by atoms with Gasteiger partial charge in [-0.2, -0.15) is 0 Å². The number of hydrogen-bond donors (Lipinski definition) is 0. The predicted molar refractivity (Wildman–Crippen MR) is 79.1 cm³/mol. The minimum atomic E-state index is -2.70. The molecule has 0 radical (unpaired) electrons. The first-order chi connectivity index (χ1) is 8.91. The van der Waals surface area contributed by atoms with E-state index in [1.54, 1.807) is 13.0 Å². The van der Waals surface area contributed by atoms with Crippen LogP contribution in [0.4, 0.5) is 8.78 Å². The molecule has 1 unspecified atom stereocenters. The van der Waals surface area contributed by atoms with Gasteiger partial charge in [0.1, 0.15) is 0 Å². The summed E-state index contributed by atoms with van der Waals surface area (Å²) in [5.41, 5.74) is 1.78. The molecule has 0 aliphatic carbocycles. The van der Waals surface area contributed by atoms with Crippen LogP contribution in [-0.4, -0.2) is 5.92 Å². The number of hydrogen-bond acceptors (Lipinski definition) is 0. The van der Waals surface area contributed by atoms with Crippen molar-refractivity contribution >= 4 is 10.8 Å². The summed E-state index contributed by atoms with van der Waals surface area (Å²) < 4.78 is 26.9. The lowest BCUT2D eigenvalue weighted by molar-refractivity contribution is -0.00181. The second-order valence-electron chi connectivity index (χ2n) is 4.70. The molecule has 0 saturated heterocycles. The molecule has 0 spiro atoms. The van der Waals surface area contributed by atoms with Crippen molar-refractivity contribution in [2.24, 2.45) is 0 Å². The van der Waals surface area contributed by atoms with Gasteiger partial charge in [0.05, 0.1) is 0 Å². The Morgan fingerprint density at radius 2 is 1.53 bits per heavy atom. The quantitative estimate of drug-likeness (QED) is 0.630. The van der Waals surface area contributed by atoms with Crippen LogP contribution in [0.1, 0.15) is 44.7 Å². The number of aryl methyl sites for hydroxylation is 1. The normalized spacial score (nSPS) is 12.8. The Kier molecular flexibility index (Phi) is 5.04. The van der Waals surface area contributed by atoms with E-state index in [2.05, 4.69) is 0 Å². The number of benzene rings is 2. The summed E-state index contributed by atoms with van der Waals surface area (Å²) in [7, 11) is 0. The van der Waals surface area contributed by atoms with Gasteiger partial charge < -0.3 is 0 Å². The second-order valence-corrected chi connectivity index (χ2v) is 4.70. The maximum Gasteiger partial charge on any atom is 0.251 e. The summed E-state index contributed by atoms with van der Waals surface area (Å²) in [6.07, 6.45) is 0. The number of halogens is 2. The summed E-state index contributed by atoms with van der Waals surface area (Å²) in [4.78, 5) is 0. The smallest absolute Gasteiger partial charge is 0.207 e. The van der Waals surface area contributed by atoms with Gasteiger partial charge in [-0.25, -0.2) is 8.78 Å². The molecular formula is C17H22F2. The van der Waals surface area contributed by atoms with E-state index in [9.17, 15) is 8.78 Å². The molecule has 0 amide bonds. The van der Waals surface area contributed by atoms with Crippen LogP contribution in [0.2, 0.25) is 0 Å². The van der Waals surface area contributed by atoms with Crippen LogP contribution in [0.15, 0.2) is 36.4 Å². The van der Waals surface area contributed by atoms with Crippen LogP contribution in [0.5, 0.6) is 0 Å². The number of fused-ring (bicyclic) bond motifs is 1. The van der Waals surface area contributed by atoms with E-state index in [1.807, 2.05) is 51.1 Å². The van der Waals surface area contributed by atoms with E-state index in [-0.39, 0.29) is 0 Å². The average Bonchev–Trinajstić information content (AvgIpc) is 2.39. The van der Waals surface area contributed by atoms with Gasteiger partial charge in [0.2, 0.25) is 0 Å². The molecule has 2 aromatic carbocycles. The minimum Gasteiger partial charge on any atom is -0.207 e. The van der Waals surface area contributed by atoms with Crippen LogP contribution in [-0.2, 0) is 0 Å². The fraction of sp³-hybridized carbons (Fsp3) is 0.412. The molecule has 0 bridgehead atoms. The lowest BCUT2D eigenvalue weighted by Crippen LogP contribution is -2.19. The maximum atomic E-state index is 13.5. The zero-order chi connectivity index (χ0) is 14.6. The summed E-state index contributed by atoms with van der Waals surface area (Å²) in [6, 6.07) is 11.5. The fourth-order valence-electron chi connectivity index (χ4n) is 2.20. The molecule has 0 aliphatic rings. The molecule has 0 saturated carbocycles. The minimum absolute atomic E-state index is 0.730. The van der Waals surface area contributed by atoms with Crippen molar-refractivity contribution in [2.45, 2.75) is 46.5 Å². The molecule has 104 valence electrons. The molecular weight excluding hydrogens is 242 g/mol. The Hall–Kier alpha value is -1.44. The summed E-state index contributed by atoms with van der Waals surface area (Å²) in [5, 5.41) is 1.99. The van der Waals surface area contributed by atoms with Crippen LogP contribution in [0.3, 0.4) is 0 Å². The van der Waals surface area contributed by atoms with Gasteiger partial charge in [-0.3, -0.25) is 0 Å². The third-order valence-electron chi connectivity index (χ3n) is 3.37. The molecule has 0 heterocycles. The average molecular weight is 264 g/mol. The van der Waals surface area contributed by atoms with E-state index in [0.29, 0.717) is 0 Å². The molecule has 0 aromatic heterocycles. The van der Waals surface area contributed by atoms with Gasteiger partial charge in [0, 0.05) is 5.92 Å². The van der Waals surface area contributed by atoms with Crippen molar-refractivity contribution in [3.8, 4) is 0 Å². The number of rotatable bonds is 2. The van der Waals surface area contributed by atoms with Crippen molar-refractivity contribution in [1.82, 2.24) is 0 Å². The van der Waals surface area contributed by atoms with E-state index < -0.39 is 11.8 Å². The van der Waals surface area contributed by atoms with Crippen molar-refractivity contribution in [1.29, 1.82) is 0 Å². The Bertz CT molecular complexity index is 533. The van der Waals surface area contributed by atoms with E-state index in [1.165, 1.54) is 0 Å². The highest BCUT2D eigenvalue weighted by Crippen LogP contribution is 2.37. The Morgan fingerprint density at radius 3 is 2.05 bits per heavy atom. The molecule has 2 rings (SSSR count). The van der Waals surface area contributed by atoms with Crippen molar-refractivity contribution in [2.75, 3.05) is 0 Å². The lowest BCUT2D eigenvalue weighted by Gasteiger charge is -2.22. The SMILES string of the molecule is CC.Cc1cccc2cccc(C(C)C(C)(F)F)c12. The molecule has 2 heteroatoms. The van der Waals surface area contributed by atoms with Gasteiger partial charge in [0.15, 0.2) is 0 Å². The Balaban J connectivity index is 0.000000861. The molecule has 0 aliphatic heterocycles. The second kappa shape index (κ2) is 6.14. The molecule has 1 atom stereocenters. The van der Waals surface area contributed by atoms with Crippen LogP contribution in [0, 0.1) is 6.92 Å². The third kappa shape index (κ3) is 3.31. The van der Waals surface area contributed by atoms with Gasteiger partial charge in [-0.15, -0.1) is 0 Å². The summed E-state index contributed by atoms with van der Waals surface area (Å²) in [5.74, 6) is -3.47. The summed E-state index contributed by atoms with van der Waals surface area (Å²) in [6.45, 7) is 8.53. The largest absolute Gasteiger partial charge is 0.251 e. The number of alkyl halides is 2. The fourth-order valence-corrected chi connectivity index (χ4v) is 2.20. The van der Waals surface area contributed by atoms with E-state index in [0.717, 1.165) is 28.8 Å². The van der Waals surface area contributed by atoms with Crippen LogP contribution >= 0.6 is 0 Å². The molecule has 0 fully saturated rings. The van der Waals surface area contributed by atoms with Crippen molar-refractivity contribution < 1.29 is 8.78 Å². The van der Waals surface area contributed by atoms with Gasteiger partial charge in [-0.1, -0.05) is 57.2 Å².